The third-order valence-electron chi connectivity index (χ3n) is 4.83. The van der Waals surface area contributed by atoms with E-state index in [9.17, 15) is 18.5 Å². The highest BCUT2D eigenvalue weighted by molar-refractivity contribution is 9.10. The third-order valence-corrected chi connectivity index (χ3v) is 6.94. The van der Waals surface area contributed by atoms with Crippen LogP contribution < -0.4 is 4.90 Å². The van der Waals surface area contributed by atoms with Gasteiger partial charge in [0.25, 0.3) is 5.69 Å². The van der Waals surface area contributed by atoms with Gasteiger partial charge in [0, 0.05) is 42.8 Å². The number of anilines is 1. The number of nitro benzene ring substituents is 1. The smallest absolute Gasteiger partial charge is 0.293 e. The van der Waals surface area contributed by atoms with Crippen molar-refractivity contribution in [2.45, 2.75) is 18.9 Å². The molecule has 0 unspecified atom stereocenters. The van der Waals surface area contributed by atoms with E-state index in [0.717, 1.165) is 25.9 Å². The van der Waals surface area contributed by atoms with Gasteiger partial charge in [-0.2, -0.15) is 0 Å². The molecule has 132 valence electrons. The zero-order chi connectivity index (χ0) is 17.3. The molecule has 0 atom stereocenters. The molecule has 2 aliphatic rings. The summed E-state index contributed by atoms with van der Waals surface area (Å²) >= 11 is 3.28. The van der Waals surface area contributed by atoms with E-state index in [1.165, 1.54) is 6.07 Å². The Balaban J connectivity index is 1.65. The Morgan fingerprint density at radius 1 is 1.12 bits per heavy atom. The summed E-state index contributed by atoms with van der Waals surface area (Å²) in [6.45, 7) is 2.70. The summed E-state index contributed by atoms with van der Waals surface area (Å²) in [5, 5.41) is 11.3. The predicted octanol–water partition coefficient (Wildman–Crippen LogP) is 2.06. The third kappa shape index (κ3) is 3.89. The second-order valence-corrected chi connectivity index (χ2v) is 9.52. The Labute approximate surface area is 149 Å². The van der Waals surface area contributed by atoms with Gasteiger partial charge in [0.2, 0.25) is 0 Å². The molecule has 24 heavy (non-hydrogen) atoms. The van der Waals surface area contributed by atoms with Gasteiger partial charge >= 0.3 is 0 Å². The molecular weight excluding hydrogens is 398 g/mol. The number of rotatable bonds is 3. The number of benzene rings is 1. The molecular formula is C15H20BrN3O4S. The number of nitro groups is 1. The van der Waals surface area contributed by atoms with E-state index < -0.39 is 9.84 Å². The molecule has 0 spiro atoms. The molecule has 2 heterocycles. The van der Waals surface area contributed by atoms with Crippen molar-refractivity contribution < 1.29 is 13.3 Å². The monoisotopic (exact) mass is 417 g/mol. The average Bonchev–Trinajstić information content (AvgIpc) is 2.55. The summed E-state index contributed by atoms with van der Waals surface area (Å²) in [5.74, 6) is 0.483. The summed E-state index contributed by atoms with van der Waals surface area (Å²) in [6.07, 6.45) is 1.79. The van der Waals surface area contributed by atoms with Gasteiger partial charge in [-0.3, -0.25) is 15.0 Å². The van der Waals surface area contributed by atoms with Crippen LogP contribution >= 0.6 is 15.9 Å². The van der Waals surface area contributed by atoms with Crippen molar-refractivity contribution in [3.05, 3.63) is 32.8 Å². The Kier molecular flexibility index (Phi) is 5.12. The van der Waals surface area contributed by atoms with Crippen LogP contribution in [-0.2, 0) is 9.84 Å². The van der Waals surface area contributed by atoms with Crippen molar-refractivity contribution in [3.8, 4) is 0 Å². The summed E-state index contributed by atoms with van der Waals surface area (Å²) in [7, 11) is -2.86. The van der Waals surface area contributed by atoms with E-state index in [0.29, 0.717) is 29.3 Å². The van der Waals surface area contributed by atoms with E-state index >= 15 is 0 Å². The summed E-state index contributed by atoms with van der Waals surface area (Å²) < 4.78 is 23.8. The summed E-state index contributed by atoms with van der Waals surface area (Å²) in [4.78, 5) is 15.3. The second kappa shape index (κ2) is 6.97. The van der Waals surface area contributed by atoms with Gasteiger partial charge < -0.3 is 4.90 Å². The molecule has 2 aliphatic heterocycles. The second-order valence-electron chi connectivity index (χ2n) is 6.30. The van der Waals surface area contributed by atoms with Crippen LogP contribution in [0.4, 0.5) is 11.4 Å². The standard InChI is InChI=1S/C15H20BrN3O4S/c16-12-1-2-14(15(11-12)19(20)21)18-5-3-13(4-6-18)17-7-9-24(22,23)10-8-17/h1-2,11,13H,3-10H2. The lowest BCUT2D eigenvalue weighted by molar-refractivity contribution is -0.384. The maximum Gasteiger partial charge on any atom is 0.293 e. The van der Waals surface area contributed by atoms with Crippen LogP contribution in [0.5, 0.6) is 0 Å². The van der Waals surface area contributed by atoms with Crippen LogP contribution in [0, 0.1) is 10.1 Å². The number of halogens is 1. The molecule has 0 N–H and O–H groups in total. The molecule has 0 amide bonds. The van der Waals surface area contributed by atoms with Crippen molar-refractivity contribution >= 4 is 37.1 Å². The molecule has 2 saturated heterocycles. The lowest BCUT2D eigenvalue weighted by Gasteiger charge is -2.40. The Morgan fingerprint density at radius 3 is 2.33 bits per heavy atom. The molecule has 1 aromatic rings. The van der Waals surface area contributed by atoms with E-state index in [-0.39, 0.29) is 22.1 Å². The fourth-order valence-corrected chi connectivity index (χ4v) is 5.05. The van der Waals surface area contributed by atoms with Crippen LogP contribution in [0.3, 0.4) is 0 Å². The number of piperidine rings is 1. The lowest BCUT2D eigenvalue weighted by Crippen LogP contribution is -2.50. The molecule has 0 saturated carbocycles. The van der Waals surface area contributed by atoms with Gasteiger partial charge in [-0.25, -0.2) is 8.42 Å². The molecule has 7 nitrogen and oxygen atoms in total. The minimum atomic E-state index is -2.86. The zero-order valence-corrected chi connectivity index (χ0v) is 15.6. The van der Waals surface area contributed by atoms with E-state index in [1.807, 2.05) is 6.07 Å². The summed E-state index contributed by atoms with van der Waals surface area (Å²) in [6, 6.07) is 5.52. The normalized spacial score (nSPS) is 22.5. The van der Waals surface area contributed by atoms with E-state index in [1.54, 1.807) is 6.07 Å². The average molecular weight is 418 g/mol. The van der Waals surface area contributed by atoms with E-state index in [4.69, 9.17) is 0 Å². The topological polar surface area (TPSA) is 83.8 Å². The molecule has 0 radical (unpaired) electrons. The molecule has 9 heteroatoms. The fourth-order valence-electron chi connectivity index (χ4n) is 3.47. The first-order valence-corrected chi connectivity index (χ1v) is 10.6. The van der Waals surface area contributed by atoms with Crippen LogP contribution in [0.1, 0.15) is 12.8 Å². The van der Waals surface area contributed by atoms with Gasteiger partial charge in [-0.15, -0.1) is 0 Å². The highest BCUT2D eigenvalue weighted by atomic mass is 79.9. The number of sulfone groups is 1. The fraction of sp³-hybridized carbons (Fsp3) is 0.600. The van der Waals surface area contributed by atoms with Crippen molar-refractivity contribution in [2.75, 3.05) is 42.6 Å². The zero-order valence-electron chi connectivity index (χ0n) is 13.2. The predicted molar refractivity (Wildman–Crippen MR) is 96.3 cm³/mol. The van der Waals surface area contributed by atoms with Crippen LogP contribution in [0.25, 0.3) is 0 Å². The van der Waals surface area contributed by atoms with Crippen molar-refractivity contribution in [3.63, 3.8) is 0 Å². The van der Waals surface area contributed by atoms with Gasteiger partial charge in [-0.1, -0.05) is 15.9 Å². The molecule has 0 aromatic heterocycles. The first kappa shape index (κ1) is 17.6. The maximum atomic E-state index is 11.5. The number of hydrogen-bond acceptors (Lipinski definition) is 6. The number of nitrogens with zero attached hydrogens (tertiary/aromatic N) is 3. The quantitative estimate of drug-likeness (QED) is 0.552. The van der Waals surface area contributed by atoms with Crippen molar-refractivity contribution in [2.24, 2.45) is 0 Å². The minimum absolute atomic E-state index is 0.117. The first-order valence-electron chi connectivity index (χ1n) is 7.99. The Bertz CT molecular complexity index is 718. The van der Waals surface area contributed by atoms with Crippen LogP contribution in [-0.4, -0.2) is 62.0 Å². The van der Waals surface area contributed by atoms with Crippen molar-refractivity contribution in [1.29, 1.82) is 0 Å². The van der Waals surface area contributed by atoms with Crippen LogP contribution in [0.15, 0.2) is 22.7 Å². The molecule has 0 bridgehead atoms. The molecule has 3 rings (SSSR count). The highest BCUT2D eigenvalue weighted by Gasteiger charge is 2.31. The Morgan fingerprint density at radius 2 is 1.75 bits per heavy atom. The first-order chi connectivity index (χ1) is 11.4. The maximum absolute atomic E-state index is 11.5. The van der Waals surface area contributed by atoms with Gasteiger partial charge in [0.15, 0.2) is 9.84 Å². The van der Waals surface area contributed by atoms with E-state index in [2.05, 4.69) is 25.7 Å². The van der Waals surface area contributed by atoms with Gasteiger partial charge in [0.05, 0.1) is 16.4 Å². The SMILES string of the molecule is O=[N+]([O-])c1cc(Br)ccc1N1CCC(N2CCS(=O)(=O)CC2)CC1. The minimum Gasteiger partial charge on any atom is -0.366 e. The van der Waals surface area contributed by atoms with Gasteiger partial charge in [-0.05, 0) is 25.0 Å². The van der Waals surface area contributed by atoms with Crippen molar-refractivity contribution in [1.82, 2.24) is 4.90 Å². The van der Waals surface area contributed by atoms with Crippen LogP contribution in [0.2, 0.25) is 0 Å². The number of hydrogen-bond donors (Lipinski definition) is 0. The molecule has 0 aliphatic carbocycles. The van der Waals surface area contributed by atoms with Gasteiger partial charge in [0.1, 0.15) is 5.69 Å². The Hall–Kier alpha value is -1.19. The summed E-state index contributed by atoms with van der Waals surface area (Å²) in [5.41, 5.74) is 0.773. The molecule has 2 fully saturated rings. The lowest BCUT2D eigenvalue weighted by atomic mass is 10.0. The highest BCUT2D eigenvalue weighted by Crippen LogP contribution is 2.33. The molecule has 1 aromatic carbocycles. The largest absolute Gasteiger partial charge is 0.366 e.